The van der Waals surface area contributed by atoms with Gasteiger partial charge in [-0.05, 0) is 19.2 Å². The van der Waals surface area contributed by atoms with E-state index in [0.29, 0.717) is 4.88 Å². The topological polar surface area (TPSA) is 37.3 Å². The number of carboxylic acids is 1. The van der Waals surface area contributed by atoms with Gasteiger partial charge in [0.25, 0.3) is 0 Å². The Morgan fingerprint density at radius 1 is 1.73 bits per heavy atom. The number of thioether (sulfide) groups is 1. The van der Waals surface area contributed by atoms with E-state index in [-0.39, 0.29) is 0 Å². The number of carboxylic acid groups (broad SMARTS) is 1. The number of rotatable bonds is 2. The van der Waals surface area contributed by atoms with Gasteiger partial charge in [-0.3, -0.25) is 0 Å². The van der Waals surface area contributed by atoms with Gasteiger partial charge in [0.2, 0.25) is 0 Å². The van der Waals surface area contributed by atoms with Gasteiger partial charge in [-0.15, -0.1) is 23.1 Å². The molecule has 1 heterocycles. The van der Waals surface area contributed by atoms with Gasteiger partial charge in [0.1, 0.15) is 4.88 Å². The van der Waals surface area contributed by atoms with Gasteiger partial charge in [0.15, 0.2) is 0 Å². The first-order valence-corrected chi connectivity index (χ1v) is 5.07. The van der Waals surface area contributed by atoms with Crippen molar-refractivity contribution in [1.29, 1.82) is 0 Å². The average molecular weight is 188 g/mol. The second-order valence-electron chi connectivity index (χ2n) is 2.04. The van der Waals surface area contributed by atoms with Gasteiger partial charge in [0.05, 0.1) is 0 Å². The molecule has 1 aromatic rings. The molecule has 0 saturated carbocycles. The summed E-state index contributed by atoms with van der Waals surface area (Å²) in [4.78, 5) is 13.0. The van der Waals surface area contributed by atoms with Crippen LogP contribution < -0.4 is 0 Å². The number of thiophene rings is 1. The Morgan fingerprint density at radius 3 is 2.64 bits per heavy atom. The molecule has 0 radical (unpaired) electrons. The maximum Gasteiger partial charge on any atom is 0.345 e. The quantitative estimate of drug-likeness (QED) is 0.724. The lowest BCUT2D eigenvalue weighted by Crippen LogP contribution is -1.89. The van der Waals surface area contributed by atoms with Crippen LogP contribution >= 0.6 is 23.1 Å². The van der Waals surface area contributed by atoms with Crippen molar-refractivity contribution in [2.24, 2.45) is 0 Å². The Balaban J connectivity index is 3.05. The minimum absolute atomic E-state index is 0.423. The summed E-state index contributed by atoms with van der Waals surface area (Å²) in [5.74, 6) is -0.835. The van der Waals surface area contributed by atoms with E-state index in [1.165, 1.54) is 11.3 Å². The second-order valence-corrected chi connectivity index (χ2v) is 4.14. The zero-order chi connectivity index (χ0) is 8.43. The number of aryl methyl sites for hydroxylation is 1. The van der Waals surface area contributed by atoms with E-state index in [1.54, 1.807) is 17.8 Å². The van der Waals surface area contributed by atoms with Crippen molar-refractivity contribution in [1.82, 2.24) is 0 Å². The lowest BCUT2D eigenvalue weighted by Gasteiger charge is -1.87. The largest absolute Gasteiger partial charge is 0.477 e. The summed E-state index contributed by atoms with van der Waals surface area (Å²) < 4.78 is 0. The smallest absolute Gasteiger partial charge is 0.345 e. The highest BCUT2D eigenvalue weighted by Crippen LogP contribution is 2.28. The Morgan fingerprint density at radius 2 is 2.36 bits per heavy atom. The first-order valence-electron chi connectivity index (χ1n) is 3.03. The summed E-state index contributed by atoms with van der Waals surface area (Å²) >= 11 is 2.91. The Labute approximate surface area is 73.2 Å². The van der Waals surface area contributed by atoms with Gasteiger partial charge in [0, 0.05) is 9.77 Å². The SMILES string of the molecule is CSc1cc(C(=O)O)sc1C. The van der Waals surface area contributed by atoms with E-state index in [4.69, 9.17) is 5.11 Å². The van der Waals surface area contributed by atoms with E-state index in [2.05, 4.69) is 0 Å². The Hall–Kier alpha value is -0.480. The molecule has 0 unspecified atom stereocenters. The summed E-state index contributed by atoms with van der Waals surface area (Å²) in [5.41, 5.74) is 0. The highest BCUT2D eigenvalue weighted by atomic mass is 32.2. The van der Waals surface area contributed by atoms with Gasteiger partial charge < -0.3 is 5.11 Å². The van der Waals surface area contributed by atoms with Crippen LogP contribution in [0, 0.1) is 6.92 Å². The first kappa shape index (κ1) is 8.62. The monoisotopic (exact) mass is 188 g/mol. The van der Waals surface area contributed by atoms with E-state index in [0.717, 1.165) is 9.77 Å². The fraction of sp³-hybridized carbons (Fsp3) is 0.286. The minimum atomic E-state index is -0.835. The van der Waals surface area contributed by atoms with E-state index in [9.17, 15) is 4.79 Å². The zero-order valence-electron chi connectivity index (χ0n) is 6.25. The van der Waals surface area contributed by atoms with Crippen LogP contribution in [0.3, 0.4) is 0 Å². The van der Waals surface area contributed by atoms with Crippen LogP contribution in [0.5, 0.6) is 0 Å². The van der Waals surface area contributed by atoms with E-state index < -0.39 is 5.97 Å². The van der Waals surface area contributed by atoms with Gasteiger partial charge in [-0.25, -0.2) is 4.79 Å². The Kier molecular flexibility index (Phi) is 2.57. The van der Waals surface area contributed by atoms with Crippen molar-refractivity contribution >= 4 is 29.1 Å². The van der Waals surface area contributed by atoms with Crippen LogP contribution in [0.15, 0.2) is 11.0 Å². The molecule has 2 nitrogen and oxygen atoms in total. The predicted molar refractivity (Wildman–Crippen MR) is 47.8 cm³/mol. The zero-order valence-corrected chi connectivity index (χ0v) is 7.88. The molecule has 0 amide bonds. The van der Waals surface area contributed by atoms with Gasteiger partial charge in [-0.1, -0.05) is 0 Å². The minimum Gasteiger partial charge on any atom is -0.477 e. The van der Waals surface area contributed by atoms with Crippen molar-refractivity contribution in [3.05, 3.63) is 15.8 Å². The molecule has 0 saturated heterocycles. The summed E-state index contributed by atoms with van der Waals surface area (Å²) in [6, 6.07) is 1.72. The first-order chi connectivity index (χ1) is 5.15. The predicted octanol–water partition coefficient (Wildman–Crippen LogP) is 2.48. The van der Waals surface area contributed by atoms with Crippen molar-refractivity contribution in [2.45, 2.75) is 11.8 Å². The number of carbonyl (C=O) groups is 1. The molecule has 0 aliphatic heterocycles. The van der Waals surface area contributed by atoms with Crippen molar-refractivity contribution < 1.29 is 9.90 Å². The molecule has 60 valence electrons. The Bertz CT molecular complexity index is 278. The molecule has 0 fully saturated rings. The van der Waals surface area contributed by atoms with Crippen molar-refractivity contribution in [3.63, 3.8) is 0 Å². The standard InChI is InChI=1S/C7H8O2S2/c1-4-5(10-2)3-6(11-4)7(8)9/h3H,1-2H3,(H,8,9). The molecular weight excluding hydrogens is 180 g/mol. The normalized spacial score (nSPS) is 10.0. The molecule has 0 aliphatic rings. The van der Waals surface area contributed by atoms with Crippen LogP contribution in [0.2, 0.25) is 0 Å². The third kappa shape index (κ3) is 1.75. The summed E-state index contributed by atoms with van der Waals surface area (Å²) in [6.07, 6.45) is 1.95. The lowest BCUT2D eigenvalue weighted by atomic mass is 10.4. The van der Waals surface area contributed by atoms with Crippen LogP contribution in [-0.4, -0.2) is 17.3 Å². The van der Waals surface area contributed by atoms with Gasteiger partial charge in [-0.2, -0.15) is 0 Å². The maximum absolute atomic E-state index is 10.5. The highest BCUT2D eigenvalue weighted by Gasteiger charge is 2.09. The molecule has 0 aliphatic carbocycles. The summed E-state index contributed by atoms with van der Waals surface area (Å²) in [7, 11) is 0. The van der Waals surface area contributed by atoms with Crippen LogP contribution in [0.4, 0.5) is 0 Å². The summed E-state index contributed by atoms with van der Waals surface area (Å²) in [5, 5.41) is 8.62. The summed E-state index contributed by atoms with van der Waals surface area (Å²) in [6.45, 7) is 1.93. The van der Waals surface area contributed by atoms with E-state index in [1.807, 2.05) is 13.2 Å². The molecular formula is C7H8O2S2. The molecule has 0 spiro atoms. The number of hydrogen-bond acceptors (Lipinski definition) is 3. The third-order valence-corrected chi connectivity index (χ3v) is 3.33. The number of hydrogen-bond donors (Lipinski definition) is 1. The number of aromatic carboxylic acids is 1. The van der Waals surface area contributed by atoms with Crippen molar-refractivity contribution in [2.75, 3.05) is 6.26 Å². The lowest BCUT2D eigenvalue weighted by molar-refractivity contribution is 0.0702. The van der Waals surface area contributed by atoms with Gasteiger partial charge >= 0.3 is 5.97 Å². The van der Waals surface area contributed by atoms with Crippen LogP contribution in [0.25, 0.3) is 0 Å². The fourth-order valence-corrected chi connectivity index (χ4v) is 2.50. The fourth-order valence-electron chi connectivity index (χ4n) is 0.773. The third-order valence-electron chi connectivity index (χ3n) is 1.30. The van der Waals surface area contributed by atoms with Crippen LogP contribution in [0.1, 0.15) is 14.5 Å². The highest BCUT2D eigenvalue weighted by molar-refractivity contribution is 7.98. The van der Waals surface area contributed by atoms with E-state index >= 15 is 0 Å². The average Bonchev–Trinajstić information content (AvgIpc) is 2.31. The molecule has 0 atom stereocenters. The second kappa shape index (κ2) is 3.28. The molecule has 4 heteroatoms. The molecule has 11 heavy (non-hydrogen) atoms. The van der Waals surface area contributed by atoms with Crippen LogP contribution in [-0.2, 0) is 0 Å². The molecule has 1 aromatic heterocycles. The maximum atomic E-state index is 10.5. The molecule has 1 N–H and O–H groups in total. The molecule has 1 rings (SSSR count). The molecule has 0 aromatic carbocycles. The van der Waals surface area contributed by atoms with Crippen molar-refractivity contribution in [3.8, 4) is 0 Å². The molecule has 0 bridgehead atoms.